The van der Waals surface area contributed by atoms with Gasteiger partial charge < -0.3 is 10.2 Å². The molecule has 20 heavy (non-hydrogen) atoms. The second-order valence-electron chi connectivity index (χ2n) is 4.63. The molecule has 0 saturated carbocycles. The SMILES string of the molecule is CCN(CC)CC(C)Nc1ccc(C#N)c([N+](=O)[O-])c1. The summed E-state index contributed by atoms with van der Waals surface area (Å²) in [5, 5.41) is 23.0. The van der Waals surface area contributed by atoms with E-state index in [1.54, 1.807) is 6.07 Å². The summed E-state index contributed by atoms with van der Waals surface area (Å²) in [6.07, 6.45) is 0. The van der Waals surface area contributed by atoms with Gasteiger partial charge in [-0.05, 0) is 32.1 Å². The van der Waals surface area contributed by atoms with Crippen molar-refractivity contribution < 1.29 is 4.92 Å². The Kier molecular flexibility index (Phi) is 5.94. The van der Waals surface area contributed by atoms with Gasteiger partial charge in [0.1, 0.15) is 11.6 Å². The first kappa shape index (κ1) is 15.9. The van der Waals surface area contributed by atoms with Crippen LogP contribution in [0.2, 0.25) is 0 Å². The zero-order valence-electron chi connectivity index (χ0n) is 12.1. The van der Waals surface area contributed by atoms with Crippen LogP contribution in [0.15, 0.2) is 18.2 Å². The first-order chi connectivity index (χ1) is 9.51. The zero-order chi connectivity index (χ0) is 15.1. The lowest BCUT2D eigenvalue weighted by atomic mass is 10.1. The van der Waals surface area contributed by atoms with E-state index in [2.05, 4.69) is 24.1 Å². The molecule has 0 saturated heterocycles. The highest BCUT2D eigenvalue weighted by Gasteiger charge is 2.15. The molecule has 1 aromatic carbocycles. The molecular weight excluding hydrogens is 256 g/mol. The van der Waals surface area contributed by atoms with Crippen molar-refractivity contribution in [3.63, 3.8) is 0 Å². The molecule has 0 aromatic heterocycles. The van der Waals surface area contributed by atoms with Crippen LogP contribution >= 0.6 is 0 Å². The number of nitro groups is 1. The smallest absolute Gasteiger partial charge is 0.289 e. The quantitative estimate of drug-likeness (QED) is 0.611. The molecule has 0 heterocycles. The molecule has 1 unspecified atom stereocenters. The normalized spacial score (nSPS) is 11.9. The van der Waals surface area contributed by atoms with Crippen molar-refractivity contribution in [2.24, 2.45) is 0 Å². The van der Waals surface area contributed by atoms with Crippen LogP contribution in [0, 0.1) is 21.4 Å². The van der Waals surface area contributed by atoms with E-state index in [1.165, 1.54) is 12.1 Å². The summed E-state index contributed by atoms with van der Waals surface area (Å²) in [7, 11) is 0. The van der Waals surface area contributed by atoms with Crippen LogP contribution in [0.1, 0.15) is 26.3 Å². The Labute approximate surface area is 119 Å². The molecule has 0 spiro atoms. The minimum atomic E-state index is -0.529. The number of nitrogens with one attached hydrogen (secondary N) is 1. The van der Waals surface area contributed by atoms with E-state index in [9.17, 15) is 10.1 Å². The van der Waals surface area contributed by atoms with Gasteiger partial charge in [0, 0.05) is 24.3 Å². The summed E-state index contributed by atoms with van der Waals surface area (Å²) in [5.41, 5.74) is 0.583. The first-order valence-electron chi connectivity index (χ1n) is 6.69. The summed E-state index contributed by atoms with van der Waals surface area (Å²) in [6, 6.07) is 6.59. The van der Waals surface area contributed by atoms with Crippen molar-refractivity contribution in [2.45, 2.75) is 26.8 Å². The molecule has 0 aliphatic heterocycles. The molecule has 0 bridgehead atoms. The van der Waals surface area contributed by atoms with Gasteiger partial charge in [-0.3, -0.25) is 10.1 Å². The topological polar surface area (TPSA) is 82.2 Å². The number of hydrogen-bond donors (Lipinski definition) is 1. The van der Waals surface area contributed by atoms with E-state index in [0.717, 1.165) is 19.6 Å². The Hall–Kier alpha value is -2.13. The third kappa shape index (κ3) is 4.21. The molecule has 0 fully saturated rings. The average Bonchev–Trinajstić information content (AvgIpc) is 2.44. The lowest BCUT2D eigenvalue weighted by molar-refractivity contribution is -0.385. The van der Waals surface area contributed by atoms with E-state index >= 15 is 0 Å². The van der Waals surface area contributed by atoms with E-state index in [4.69, 9.17) is 5.26 Å². The van der Waals surface area contributed by atoms with Crippen LogP contribution in [0.5, 0.6) is 0 Å². The molecule has 0 aliphatic rings. The van der Waals surface area contributed by atoms with Crippen LogP contribution in [-0.2, 0) is 0 Å². The van der Waals surface area contributed by atoms with E-state index in [1.807, 2.05) is 13.0 Å². The third-order valence-electron chi connectivity index (χ3n) is 3.15. The summed E-state index contributed by atoms with van der Waals surface area (Å²) in [5.74, 6) is 0. The maximum Gasteiger partial charge on any atom is 0.289 e. The molecule has 1 aromatic rings. The lowest BCUT2D eigenvalue weighted by Gasteiger charge is -2.24. The van der Waals surface area contributed by atoms with Gasteiger partial charge in [0.25, 0.3) is 5.69 Å². The second-order valence-corrected chi connectivity index (χ2v) is 4.63. The Morgan fingerprint density at radius 3 is 2.60 bits per heavy atom. The maximum atomic E-state index is 10.9. The molecule has 1 N–H and O–H groups in total. The van der Waals surface area contributed by atoms with E-state index in [-0.39, 0.29) is 17.3 Å². The molecule has 0 radical (unpaired) electrons. The minimum Gasteiger partial charge on any atom is -0.381 e. The zero-order valence-corrected chi connectivity index (χ0v) is 12.1. The fourth-order valence-electron chi connectivity index (χ4n) is 2.07. The predicted octanol–water partition coefficient (Wildman–Crippen LogP) is 2.61. The summed E-state index contributed by atoms with van der Waals surface area (Å²) in [6.45, 7) is 9.03. The molecule has 1 atom stereocenters. The van der Waals surface area contributed by atoms with Gasteiger partial charge in [-0.2, -0.15) is 5.26 Å². The number of rotatable bonds is 7. The molecular formula is C14H20N4O2. The van der Waals surface area contributed by atoms with Gasteiger partial charge in [0.15, 0.2) is 0 Å². The van der Waals surface area contributed by atoms with Crippen molar-refractivity contribution in [3.05, 3.63) is 33.9 Å². The molecule has 0 aliphatic carbocycles. The van der Waals surface area contributed by atoms with Crippen LogP contribution in [0.4, 0.5) is 11.4 Å². The van der Waals surface area contributed by atoms with Crippen molar-refractivity contribution in [1.29, 1.82) is 5.26 Å². The van der Waals surface area contributed by atoms with Crippen LogP contribution in [-0.4, -0.2) is 35.5 Å². The highest BCUT2D eigenvalue weighted by Crippen LogP contribution is 2.23. The minimum absolute atomic E-state index is 0.0805. The third-order valence-corrected chi connectivity index (χ3v) is 3.15. The number of nitrogens with zero attached hydrogens (tertiary/aromatic N) is 3. The van der Waals surface area contributed by atoms with Crippen molar-refractivity contribution >= 4 is 11.4 Å². The molecule has 108 valence electrons. The Balaban J connectivity index is 2.81. The molecule has 6 nitrogen and oxygen atoms in total. The van der Waals surface area contributed by atoms with Crippen LogP contribution < -0.4 is 5.32 Å². The van der Waals surface area contributed by atoms with Crippen molar-refractivity contribution in [2.75, 3.05) is 25.0 Å². The molecule has 0 amide bonds. The maximum absolute atomic E-state index is 10.9. The van der Waals surface area contributed by atoms with E-state index < -0.39 is 4.92 Å². The fraction of sp³-hybridized carbons (Fsp3) is 0.500. The fourth-order valence-corrected chi connectivity index (χ4v) is 2.07. The highest BCUT2D eigenvalue weighted by atomic mass is 16.6. The monoisotopic (exact) mass is 276 g/mol. The predicted molar refractivity (Wildman–Crippen MR) is 78.7 cm³/mol. The second kappa shape index (κ2) is 7.46. The molecule has 1 rings (SSSR count). The largest absolute Gasteiger partial charge is 0.381 e. The first-order valence-corrected chi connectivity index (χ1v) is 6.69. The number of hydrogen-bond acceptors (Lipinski definition) is 5. The van der Waals surface area contributed by atoms with Gasteiger partial charge in [-0.1, -0.05) is 13.8 Å². The number of nitriles is 1. The number of benzene rings is 1. The summed E-state index contributed by atoms with van der Waals surface area (Å²) in [4.78, 5) is 12.7. The number of likely N-dealkylation sites (N-methyl/N-ethyl adjacent to an activating group) is 1. The van der Waals surface area contributed by atoms with Gasteiger partial charge in [0.05, 0.1) is 4.92 Å². The lowest BCUT2D eigenvalue weighted by Crippen LogP contribution is -2.34. The molecule has 6 heteroatoms. The van der Waals surface area contributed by atoms with Crippen LogP contribution in [0.3, 0.4) is 0 Å². The average molecular weight is 276 g/mol. The van der Waals surface area contributed by atoms with Crippen molar-refractivity contribution in [3.8, 4) is 6.07 Å². The van der Waals surface area contributed by atoms with Crippen LogP contribution in [0.25, 0.3) is 0 Å². The number of anilines is 1. The van der Waals surface area contributed by atoms with E-state index in [0.29, 0.717) is 5.69 Å². The van der Waals surface area contributed by atoms with Gasteiger partial charge in [-0.25, -0.2) is 0 Å². The van der Waals surface area contributed by atoms with Gasteiger partial charge >= 0.3 is 0 Å². The van der Waals surface area contributed by atoms with Gasteiger partial charge in [0.2, 0.25) is 0 Å². The Morgan fingerprint density at radius 1 is 1.45 bits per heavy atom. The Bertz CT molecular complexity index is 506. The standard InChI is InChI=1S/C14H20N4O2/c1-4-17(5-2)10-11(3)16-13-7-6-12(9-15)14(8-13)18(19)20/h6-8,11,16H,4-5,10H2,1-3H3. The Morgan fingerprint density at radius 2 is 2.10 bits per heavy atom. The number of nitro benzene ring substituents is 1. The summed E-state index contributed by atoms with van der Waals surface area (Å²) < 4.78 is 0. The van der Waals surface area contributed by atoms with Gasteiger partial charge in [-0.15, -0.1) is 0 Å². The highest BCUT2D eigenvalue weighted by molar-refractivity contribution is 5.59. The van der Waals surface area contributed by atoms with Crippen molar-refractivity contribution in [1.82, 2.24) is 4.90 Å². The summed E-state index contributed by atoms with van der Waals surface area (Å²) >= 11 is 0.